The minimum Gasteiger partial charge on any atom is -0.465 e. The minimum atomic E-state index is -1.02. The second kappa shape index (κ2) is 12.2. The normalized spacial score (nSPS) is 15.0. The van der Waals surface area contributed by atoms with E-state index >= 15 is 0 Å². The van der Waals surface area contributed by atoms with E-state index in [4.69, 9.17) is 9.84 Å². The number of benzene rings is 1. The standard InChI is InChI=1S/C21H24N6O4.C4H8/c28-19(27-10-12-31-13-11-27)15-2-4-17(5-3-15)24-20-23-14-16-6-9-26(18(16)25-20)8-1-7-22-21(29)30;1-2-4-3-1/h2-6,9,14,22H,1,7-8,10-13H2,(H,29,30)(H,23,24,25);1-4H2. The molecule has 3 heterocycles. The van der Waals surface area contributed by atoms with Crippen LogP contribution in [0.1, 0.15) is 42.5 Å². The number of nitrogens with zero attached hydrogens (tertiary/aromatic N) is 4. The van der Waals surface area contributed by atoms with Crippen LogP contribution in [0.15, 0.2) is 42.7 Å². The summed E-state index contributed by atoms with van der Waals surface area (Å²) in [7, 11) is 0. The van der Waals surface area contributed by atoms with Crippen LogP contribution in [0.25, 0.3) is 11.0 Å². The second-order valence-corrected chi connectivity index (χ2v) is 8.59. The van der Waals surface area contributed by atoms with Crippen molar-refractivity contribution >= 4 is 34.7 Å². The van der Waals surface area contributed by atoms with Crippen LogP contribution in [0.2, 0.25) is 0 Å². The average molecular weight is 481 g/mol. The Morgan fingerprint density at radius 1 is 1.03 bits per heavy atom. The van der Waals surface area contributed by atoms with Gasteiger partial charge in [0.1, 0.15) is 5.65 Å². The number of anilines is 2. The fourth-order valence-corrected chi connectivity index (χ4v) is 3.68. The van der Waals surface area contributed by atoms with Crippen LogP contribution >= 0.6 is 0 Å². The summed E-state index contributed by atoms with van der Waals surface area (Å²) in [4.78, 5) is 33.8. The van der Waals surface area contributed by atoms with E-state index in [1.54, 1.807) is 23.2 Å². The largest absolute Gasteiger partial charge is 0.465 e. The van der Waals surface area contributed by atoms with Gasteiger partial charge in [-0.3, -0.25) is 4.79 Å². The smallest absolute Gasteiger partial charge is 0.404 e. The zero-order valence-electron chi connectivity index (χ0n) is 19.8. The predicted octanol–water partition coefficient (Wildman–Crippen LogP) is 3.87. The third-order valence-electron chi connectivity index (χ3n) is 6.04. The van der Waals surface area contributed by atoms with Crippen molar-refractivity contribution in [3.05, 3.63) is 48.3 Å². The van der Waals surface area contributed by atoms with E-state index in [0.717, 1.165) is 16.7 Å². The number of amides is 2. The van der Waals surface area contributed by atoms with E-state index in [2.05, 4.69) is 20.6 Å². The lowest BCUT2D eigenvalue weighted by Gasteiger charge is -2.26. The first-order valence-corrected chi connectivity index (χ1v) is 12.1. The molecular formula is C25H32N6O4. The van der Waals surface area contributed by atoms with E-state index in [-0.39, 0.29) is 5.91 Å². The van der Waals surface area contributed by atoms with E-state index in [1.165, 1.54) is 25.7 Å². The summed E-state index contributed by atoms with van der Waals surface area (Å²) in [6, 6.07) is 9.17. The lowest BCUT2D eigenvalue weighted by atomic mass is 10.0. The van der Waals surface area contributed by atoms with Gasteiger partial charge >= 0.3 is 6.09 Å². The molecule has 3 aromatic rings. The van der Waals surface area contributed by atoms with Gasteiger partial charge in [0, 0.05) is 55.2 Å². The van der Waals surface area contributed by atoms with Crippen molar-refractivity contribution in [1.29, 1.82) is 0 Å². The highest BCUT2D eigenvalue weighted by atomic mass is 16.5. The quantitative estimate of drug-likeness (QED) is 0.439. The Labute approximate surface area is 204 Å². The van der Waals surface area contributed by atoms with E-state index < -0.39 is 6.09 Å². The summed E-state index contributed by atoms with van der Waals surface area (Å²) in [5.41, 5.74) is 2.18. The predicted molar refractivity (Wildman–Crippen MR) is 133 cm³/mol. The summed E-state index contributed by atoms with van der Waals surface area (Å²) >= 11 is 0. The molecule has 0 spiro atoms. The van der Waals surface area contributed by atoms with Crippen LogP contribution in [0, 0.1) is 0 Å². The SMILES string of the molecule is C1CCC1.O=C(O)NCCCn1ccc2cnc(Nc3ccc(C(=O)N4CCOCC4)cc3)nc21. The highest BCUT2D eigenvalue weighted by Crippen LogP contribution is 2.19. The van der Waals surface area contributed by atoms with Crippen LogP contribution in [0.3, 0.4) is 0 Å². The molecule has 10 heteroatoms. The third kappa shape index (κ3) is 6.92. The van der Waals surface area contributed by atoms with Crippen molar-refractivity contribution < 1.29 is 19.4 Å². The fourth-order valence-electron chi connectivity index (χ4n) is 3.68. The van der Waals surface area contributed by atoms with Gasteiger partial charge in [-0.2, -0.15) is 4.98 Å². The molecule has 1 saturated carbocycles. The zero-order valence-corrected chi connectivity index (χ0v) is 19.8. The van der Waals surface area contributed by atoms with Gasteiger partial charge < -0.3 is 29.9 Å². The molecule has 0 bridgehead atoms. The molecule has 2 aliphatic rings. The van der Waals surface area contributed by atoms with E-state index in [1.807, 2.05) is 29.0 Å². The summed E-state index contributed by atoms with van der Waals surface area (Å²) in [5.74, 6) is 0.450. The van der Waals surface area contributed by atoms with Crippen molar-refractivity contribution in [2.75, 3.05) is 38.2 Å². The maximum atomic E-state index is 12.6. The van der Waals surface area contributed by atoms with Gasteiger partial charge in [-0.1, -0.05) is 25.7 Å². The minimum absolute atomic E-state index is 0.00253. The van der Waals surface area contributed by atoms with Gasteiger partial charge in [-0.05, 0) is 36.8 Å². The molecule has 2 fully saturated rings. The molecule has 5 rings (SSSR count). The van der Waals surface area contributed by atoms with Crippen LogP contribution < -0.4 is 10.6 Å². The first-order chi connectivity index (χ1) is 17.1. The number of rotatable bonds is 7. The van der Waals surface area contributed by atoms with Crippen LogP contribution in [0.4, 0.5) is 16.4 Å². The van der Waals surface area contributed by atoms with Crippen molar-refractivity contribution in [3.8, 4) is 0 Å². The molecule has 186 valence electrons. The number of carbonyl (C=O) groups is 2. The lowest BCUT2D eigenvalue weighted by molar-refractivity contribution is 0.0303. The number of carbonyl (C=O) groups excluding carboxylic acids is 1. The fraction of sp³-hybridized carbons (Fsp3) is 0.440. The number of hydrogen-bond donors (Lipinski definition) is 3. The highest BCUT2D eigenvalue weighted by molar-refractivity contribution is 5.94. The Hall–Kier alpha value is -3.66. The Morgan fingerprint density at radius 2 is 1.74 bits per heavy atom. The van der Waals surface area contributed by atoms with Crippen LogP contribution in [0.5, 0.6) is 0 Å². The number of hydrogen-bond acceptors (Lipinski definition) is 6. The number of morpholine rings is 1. The summed E-state index contributed by atoms with van der Waals surface area (Å²) in [6.07, 6.45) is 9.29. The van der Waals surface area contributed by atoms with E-state index in [0.29, 0.717) is 57.3 Å². The molecule has 2 aromatic heterocycles. The highest BCUT2D eigenvalue weighted by Gasteiger charge is 2.18. The Morgan fingerprint density at radius 3 is 2.40 bits per heavy atom. The summed E-state index contributed by atoms with van der Waals surface area (Å²) in [6.45, 7) is 3.38. The number of aryl methyl sites for hydroxylation is 1. The molecule has 0 unspecified atom stereocenters. The number of nitrogens with one attached hydrogen (secondary N) is 2. The monoisotopic (exact) mass is 480 g/mol. The lowest BCUT2D eigenvalue weighted by Crippen LogP contribution is -2.40. The number of fused-ring (bicyclic) bond motifs is 1. The maximum absolute atomic E-state index is 12.6. The van der Waals surface area contributed by atoms with Gasteiger partial charge in [0.25, 0.3) is 5.91 Å². The number of carboxylic acid groups (broad SMARTS) is 1. The first-order valence-electron chi connectivity index (χ1n) is 12.1. The van der Waals surface area contributed by atoms with E-state index in [9.17, 15) is 9.59 Å². The maximum Gasteiger partial charge on any atom is 0.404 e. The molecule has 35 heavy (non-hydrogen) atoms. The average Bonchev–Trinajstić information content (AvgIpc) is 3.23. The topological polar surface area (TPSA) is 122 Å². The van der Waals surface area contributed by atoms with Crippen LogP contribution in [-0.2, 0) is 11.3 Å². The third-order valence-corrected chi connectivity index (χ3v) is 6.04. The molecule has 1 aliphatic heterocycles. The molecule has 0 radical (unpaired) electrons. The van der Waals surface area contributed by atoms with Gasteiger partial charge in [-0.25, -0.2) is 9.78 Å². The Bertz CT molecular complexity index is 1120. The molecule has 10 nitrogen and oxygen atoms in total. The van der Waals surface area contributed by atoms with Gasteiger partial charge in [0.15, 0.2) is 0 Å². The molecular weight excluding hydrogens is 448 g/mol. The number of ether oxygens (including phenoxy) is 1. The van der Waals surface area contributed by atoms with Gasteiger partial charge in [0.2, 0.25) is 5.95 Å². The molecule has 1 aliphatic carbocycles. The zero-order chi connectivity index (χ0) is 24.5. The molecule has 1 saturated heterocycles. The van der Waals surface area contributed by atoms with Crippen molar-refractivity contribution in [3.63, 3.8) is 0 Å². The van der Waals surface area contributed by atoms with Gasteiger partial charge in [-0.15, -0.1) is 0 Å². The van der Waals surface area contributed by atoms with Crippen molar-refractivity contribution in [2.45, 2.75) is 38.6 Å². The summed E-state index contributed by atoms with van der Waals surface area (Å²) < 4.78 is 7.26. The Balaban J connectivity index is 0.000000656. The van der Waals surface area contributed by atoms with Crippen LogP contribution in [-0.4, -0.2) is 69.4 Å². The first kappa shape index (κ1) is 24.5. The van der Waals surface area contributed by atoms with Gasteiger partial charge in [0.05, 0.1) is 13.2 Å². The molecule has 3 N–H and O–H groups in total. The number of aromatic nitrogens is 3. The second-order valence-electron chi connectivity index (χ2n) is 8.59. The molecule has 1 aromatic carbocycles. The summed E-state index contributed by atoms with van der Waals surface area (Å²) in [5, 5.41) is 15.1. The molecule has 2 amide bonds. The molecule has 0 atom stereocenters. The van der Waals surface area contributed by atoms with Crippen molar-refractivity contribution in [1.82, 2.24) is 24.8 Å². The Kier molecular flexibility index (Phi) is 8.50. The van der Waals surface area contributed by atoms with Crippen molar-refractivity contribution in [2.24, 2.45) is 0 Å².